The van der Waals surface area contributed by atoms with Gasteiger partial charge in [-0.2, -0.15) is 0 Å². The molecule has 22 aromatic rings. The molecule has 113 heavy (non-hydrogen) atoms. The molecule has 526 valence electrons. The molecule has 0 unspecified atom stereocenters. The SMILES string of the molecule is CC1(C)c2ccccc2-c2ccc(-n3c4cccc5c6c(-c7ccccc7)c(-c7ccccc7)c(-c7ccccc7)c(-c7ccc(-c8ccc(-c9c(-c%10ccccc%10)c(-c%10ccccc%10)c(-c%10ccccc%10)c%10c%11cccc%12c%11c%11c(cccc%11n%12-c%11ccccc%11-c%11ccccc%11)c9%10)cc8)cc7)c6c6cccc3c6c54)cc21. The second-order valence-corrected chi connectivity index (χ2v) is 31.1. The van der Waals surface area contributed by atoms with E-state index in [0.29, 0.717) is 0 Å². The molecule has 2 heterocycles. The highest BCUT2D eigenvalue weighted by Gasteiger charge is 2.37. The normalized spacial score (nSPS) is 12.6. The van der Waals surface area contributed by atoms with Gasteiger partial charge in [0.2, 0.25) is 0 Å². The van der Waals surface area contributed by atoms with Crippen LogP contribution in [0.4, 0.5) is 0 Å². The molecule has 0 saturated heterocycles. The largest absolute Gasteiger partial charge is 0.309 e. The van der Waals surface area contributed by atoms with Crippen LogP contribution in [0, 0.1) is 0 Å². The number of para-hydroxylation sites is 1. The van der Waals surface area contributed by atoms with Gasteiger partial charge in [-0.25, -0.2) is 0 Å². The van der Waals surface area contributed by atoms with E-state index in [9.17, 15) is 0 Å². The van der Waals surface area contributed by atoms with Crippen LogP contribution in [0.5, 0.6) is 0 Å². The van der Waals surface area contributed by atoms with E-state index in [1.807, 2.05) is 0 Å². The highest BCUT2D eigenvalue weighted by molar-refractivity contribution is 6.42. The summed E-state index contributed by atoms with van der Waals surface area (Å²) < 4.78 is 5.09. The Morgan fingerprint density at radius 1 is 0.177 bits per heavy atom. The molecule has 20 aromatic carbocycles. The van der Waals surface area contributed by atoms with Crippen LogP contribution in [-0.2, 0) is 5.41 Å². The minimum atomic E-state index is -0.165. The summed E-state index contributed by atoms with van der Waals surface area (Å²) in [6.07, 6.45) is 0. The highest BCUT2D eigenvalue weighted by atomic mass is 15.0. The fourth-order valence-electron chi connectivity index (χ4n) is 20.1. The molecule has 0 aliphatic heterocycles. The van der Waals surface area contributed by atoms with E-state index in [1.54, 1.807) is 0 Å². The summed E-state index contributed by atoms with van der Waals surface area (Å²) in [6, 6.07) is 150. The van der Waals surface area contributed by atoms with Crippen LogP contribution < -0.4 is 0 Å². The number of benzene rings is 20. The minimum Gasteiger partial charge on any atom is -0.309 e. The van der Waals surface area contributed by atoms with Crippen LogP contribution >= 0.6 is 0 Å². The first-order chi connectivity index (χ1) is 55.9. The summed E-state index contributed by atoms with van der Waals surface area (Å²) in [7, 11) is 0. The first-order valence-electron chi connectivity index (χ1n) is 39.5. The summed E-state index contributed by atoms with van der Waals surface area (Å²) >= 11 is 0. The number of rotatable bonds is 12. The Labute approximate surface area is 656 Å². The lowest BCUT2D eigenvalue weighted by Gasteiger charge is -2.26. The van der Waals surface area contributed by atoms with Gasteiger partial charge in [-0.15, -0.1) is 0 Å². The van der Waals surface area contributed by atoms with Crippen molar-refractivity contribution in [2.45, 2.75) is 19.3 Å². The zero-order valence-corrected chi connectivity index (χ0v) is 62.5. The third-order valence-corrected chi connectivity index (χ3v) is 24.8. The summed E-state index contributed by atoms with van der Waals surface area (Å²) in [5.74, 6) is 0. The number of aromatic nitrogens is 2. The highest BCUT2D eigenvalue weighted by Crippen LogP contribution is 2.60. The van der Waals surface area contributed by atoms with Crippen LogP contribution in [0.3, 0.4) is 0 Å². The van der Waals surface area contributed by atoms with Gasteiger partial charge in [0.15, 0.2) is 0 Å². The molecule has 2 aromatic heterocycles. The second-order valence-electron chi connectivity index (χ2n) is 31.1. The quantitative estimate of drug-likeness (QED) is 0.108. The summed E-state index contributed by atoms with van der Waals surface area (Å²) in [6.45, 7) is 4.78. The van der Waals surface area contributed by atoms with E-state index in [2.05, 4.69) is 423 Å². The Hall–Kier alpha value is -14.4. The van der Waals surface area contributed by atoms with Crippen molar-refractivity contribution in [2.24, 2.45) is 0 Å². The molecular weight excluding hydrogens is 1360 g/mol. The fourth-order valence-corrected chi connectivity index (χ4v) is 20.1. The minimum absolute atomic E-state index is 0.165. The molecule has 0 fully saturated rings. The Kier molecular flexibility index (Phi) is 14.5. The summed E-state index contributed by atoms with van der Waals surface area (Å²) in [5, 5.41) is 15.0. The third-order valence-electron chi connectivity index (χ3n) is 24.8. The molecule has 0 bridgehead atoms. The predicted molar refractivity (Wildman–Crippen MR) is 479 cm³/mol. The van der Waals surface area contributed by atoms with Crippen LogP contribution in [-0.4, -0.2) is 9.13 Å². The fraction of sp³-hybridized carbons (Fsp3) is 0.0270. The Morgan fingerprint density at radius 2 is 0.451 bits per heavy atom. The molecule has 2 heteroatoms. The molecule has 0 N–H and O–H groups in total. The first kappa shape index (κ1) is 64.5. The molecular formula is C111H72N2. The Balaban J connectivity index is 0.770. The number of nitrogens with zero attached hydrogens (tertiary/aromatic N) is 2. The van der Waals surface area contributed by atoms with Gasteiger partial charge >= 0.3 is 0 Å². The smallest absolute Gasteiger partial charge is 0.0547 e. The monoisotopic (exact) mass is 1430 g/mol. The maximum Gasteiger partial charge on any atom is 0.0547 e. The number of hydrogen-bond donors (Lipinski definition) is 0. The van der Waals surface area contributed by atoms with Crippen molar-refractivity contribution in [3.63, 3.8) is 0 Å². The van der Waals surface area contributed by atoms with Gasteiger partial charge in [-0.05, 0) is 214 Å². The van der Waals surface area contributed by atoms with Crippen molar-refractivity contribution in [3.8, 4) is 134 Å². The van der Waals surface area contributed by atoms with Crippen molar-refractivity contribution >= 4 is 86.7 Å². The maximum atomic E-state index is 2.56. The van der Waals surface area contributed by atoms with Crippen LogP contribution in [0.2, 0.25) is 0 Å². The van der Waals surface area contributed by atoms with Crippen LogP contribution in [0.15, 0.2) is 400 Å². The number of fused-ring (bicyclic) bond motifs is 9. The van der Waals surface area contributed by atoms with Gasteiger partial charge < -0.3 is 9.13 Å². The molecule has 1 aliphatic rings. The molecule has 0 saturated carbocycles. The van der Waals surface area contributed by atoms with Gasteiger partial charge in [0.25, 0.3) is 0 Å². The van der Waals surface area contributed by atoms with E-state index in [4.69, 9.17) is 0 Å². The Bertz CT molecular complexity index is 7530. The molecule has 0 amide bonds. The van der Waals surface area contributed by atoms with Gasteiger partial charge in [0.05, 0.1) is 27.8 Å². The first-order valence-corrected chi connectivity index (χ1v) is 39.5. The predicted octanol–water partition coefficient (Wildman–Crippen LogP) is 30.3. The zero-order valence-electron chi connectivity index (χ0n) is 62.5. The van der Waals surface area contributed by atoms with Crippen molar-refractivity contribution in [3.05, 3.63) is 412 Å². The van der Waals surface area contributed by atoms with Crippen molar-refractivity contribution < 1.29 is 0 Å². The topological polar surface area (TPSA) is 9.86 Å². The molecule has 0 atom stereocenters. The van der Waals surface area contributed by atoms with Crippen LogP contribution in [0.1, 0.15) is 25.0 Å². The van der Waals surface area contributed by atoms with E-state index < -0.39 is 0 Å². The van der Waals surface area contributed by atoms with Crippen molar-refractivity contribution in [1.29, 1.82) is 0 Å². The zero-order chi connectivity index (χ0) is 74.6. The van der Waals surface area contributed by atoms with Crippen LogP contribution in [0.25, 0.3) is 220 Å². The van der Waals surface area contributed by atoms with E-state index in [-0.39, 0.29) is 5.41 Å². The van der Waals surface area contributed by atoms with E-state index in [1.165, 1.54) is 187 Å². The second kappa shape index (κ2) is 25.3. The van der Waals surface area contributed by atoms with Crippen molar-refractivity contribution in [2.75, 3.05) is 0 Å². The standard InChI is InChI=1S/C111H72N2/c1-111(2)88-52-26-24-47-82(88)83-67-66-80(68-89(83)111)112-91-54-28-48-84-103(91)104-85(49-29-55-92(104)112)109-101(97(74-38-16-6-17-39-74)95(72-34-12-4-13-35-72)99(107(84)109)76-42-20-8-21-43-76)78-62-58-69(59-63-78)70-60-64-79(65-61-70)102-98(75-40-18-7-19-41-75)96(73-36-14-5-15-37-73)100(77-44-22-9-23-45-77)108-86-50-30-56-93-105(86)106-87(110(102)108)51-31-57-94(106)113(93)90-53-27-25-46-81(90)71-32-10-3-11-33-71/h3-68H,1-2H3. The average molecular weight is 1430 g/mol. The van der Waals surface area contributed by atoms with E-state index in [0.717, 1.165) is 44.6 Å². The lowest BCUT2D eigenvalue weighted by atomic mass is 9.76. The molecule has 1 aliphatic carbocycles. The van der Waals surface area contributed by atoms with Gasteiger partial charge in [-0.1, -0.05) is 372 Å². The van der Waals surface area contributed by atoms with Gasteiger partial charge in [0.1, 0.15) is 0 Å². The Morgan fingerprint density at radius 3 is 0.814 bits per heavy atom. The molecule has 0 radical (unpaired) electrons. The van der Waals surface area contributed by atoms with Gasteiger partial charge in [0, 0.05) is 38.2 Å². The maximum absolute atomic E-state index is 2.56. The number of hydrogen-bond acceptors (Lipinski definition) is 0. The molecule has 23 rings (SSSR count). The lowest BCUT2D eigenvalue weighted by molar-refractivity contribution is 0.660. The lowest BCUT2D eigenvalue weighted by Crippen LogP contribution is -2.15. The third kappa shape index (κ3) is 9.60. The summed E-state index contributed by atoms with van der Waals surface area (Å²) in [5.41, 5.74) is 35.9. The van der Waals surface area contributed by atoms with Crippen molar-refractivity contribution in [1.82, 2.24) is 9.13 Å². The average Bonchev–Trinajstić information content (AvgIpc) is 1.65. The summed E-state index contributed by atoms with van der Waals surface area (Å²) in [4.78, 5) is 0. The van der Waals surface area contributed by atoms with Gasteiger partial charge in [-0.3, -0.25) is 0 Å². The van der Waals surface area contributed by atoms with E-state index >= 15 is 0 Å². The molecule has 0 spiro atoms. The molecule has 2 nitrogen and oxygen atoms in total.